The Kier molecular flexibility index (Phi) is 11.3. The van der Waals surface area contributed by atoms with Crippen LogP contribution >= 0.6 is 0 Å². The Bertz CT molecular complexity index is 89.6. The predicted octanol–water partition coefficient (Wildman–Crippen LogP) is 2.32. The van der Waals surface area contributed by atoms with Crippen molar-refractivity contribution >= 4 is 5.91 Å². The molecule has 0 saturated heterocycles. The van der Waals surface area contributed by atoms with Gasteiger partial charge in [-0.25, -0.2) is 0 Å². The number of amides is 1. The zero-order valence-corrected chi connectivity index (χ0v) is 8.18. The van der Waals surface area contributed by atoms with Crippen LogP contribution in [0, 0.1) is 5.92 Å². The van der Waals surface area contributed by atoms with Crippen LogP contribution in [0.3, 0.4) is 0 Å². The number of carbonyl (C=O) groups excluding carboxylic acids is 1. The van der Waals surface area contributed by atoms with E-state index in [1.54, 1.807) is 6.92 Å². The fraction of sp³-hybridized carbons (Fsp3) is 0.889. The van der Waals surface area contributed by atoms with Crippen LogP contribution in [0.4, 0.5) is 0 Å². The van der Waals surface area contributed by atoms with Gasteiger partial charge < -0.3 is 5.73 Å². The first kappa shape index (κ1) is 13.1. The second kappa shape index (κ2) is 9.47. The normalized spacial score (nSPS) is 8.82. The number of primary amides is 1. The van der Waals surface area contributed by atoms with Crippen LogP contribution < -0.4 is 5.73 Å². The summed E-state index contributed by atoms with van der Waals surface area (Å²) in [4.78, 5) is 9.59. The van der Waals surface area contributed by atoms with Gasteiger partial charge in [-0.2, -0.15) is 0 Å². The summed E-state index contributed by atoms with van der Waals surface area (Å²) in [6.07, 6.45) is 3.15. The lowest BCUT2D eigenvalue weighted by molar-refractivity contribution is -0.117. The van der Waals surface area contributed by atoms with Gasteiger partial charge in [0.2, 0.25) is 5.91 Å². The molecule has 11 heavy (non-hydrogen) atoms. The average molecular weight is 159 g/mol. The molecule has 2 heteroatoms. The molecule has 0 heterocycles. The minimum absolute atomic E-state index is 0.245. The van der Waals surface area contributed by atoms with Crippen molar-refractivity contribution in [3.63, 3.8) is 0 Å². The molecule has 2 nitrogen and oxygen atoms in total. The molecule has 0 unspecified atom stereocenters. The maximum Gasteiger partial charge on any atom is 0.217 e. The molecule has 0 spiro atoms. The summed E-state index contributed by atoms with van der Waals surface area (Å²) in [5.41, 5.74) is 4.65. The van der Waals surface area contributed by atoms with E-state index in [-0.39, 0.29) is 5.91 Å². The van der Waals surface area contributed by atoms with Gasteiger partial charge in [0, 0.05) is 6.42 Å². The lowest BCUT2D eigenvalue weighted by Gasteiger charge is -1.95. The zero-order valence-electron chi connectivity index (χ0n) is 8.18. The van der Waals surface area contributed by atoms with Crippen molar-refractivity contribution in [2.24, 2.45) is 11.7 Å². The number of nitrogens with two attached hydrogens (primary N) is 1. The van der Waals surface area contributed by atoms with E-state index >= 15 is 0 Å². The van der Waals surface area contributed by atoms with Gasteiger partial charge in [-0.05, 0) is 5.92 Å². The van der Waals surface area contributed by atoms with Gasteiger partial charge in [0.15, 0.2) is 0 Å². The minimum Gasteiger partial charge on any atom is -0.370 e. The number of rotatable bonds is 3. The summed E-state index contributed by atoms with van der Waals surface area (Å²) < 4.78 is 0. The first-order chi connectivity index (χ1) is 5.04. The van der Waals surface area contributed by atoms with Gasteiger partial charge in [0.05, 0.1) is 0 Å². The molecule has 0 aliphatic carbocycles. The van der Waals surface area contributed by atoms with Crippen LogP contribution in [0.1, 0.15) is 47.0 Å². The Morgan fingerprint density at radius 3 is 1.73 bits per heavy atom. The highest BCUT2D eigenvalue weighted by atomic mass is 16.1. The van der Waals surface area contributed by atoms with Crippen molar-refractivity contribution in [1.29, 1.82) is 0 Å². The predicted molar refractivity (Wildman–Crippen MR) is 49.2 cm³/mol. The standard InChI is InChI=1S/C6H14.C3H7NO/c1-4-5-6(2)3;1-2-3(4)5/h6H,4-5H2,1-3H3;2H2,1H3,(H2,4,5). The van der Waals surface area contributed by atoms with Crippen molar-refractivity contribution in [1.82, 2.24) is 0 Å². The SMILES string of the molecule is CCC(N)=O.CCCC(C)C. The van der Waals surface area contributed by atoms with Crippen LogP contribution in [0.25, 0.3) is 0 Å². The Labute approximate surface area is 70.2 Å². The van der Waals surface area contributed by atoms with E-state index in [1.807, 2.05) is 0 Å². The summed E-state index contributed by atoms with van der Waals surface area (Å²) in [5, 5.41) is 0. The first-order valence-corrected chi connectivity index (χ1v) is 4.32. The van der Waals surface area contributed by atoms with Crippen molar-refractivity contribution < 1.29 is 4.79 Å². The second-order valence-corrected chi connectivity index (χ2v) is 3.00. The highest BCUT2D eigenvalue weighted by molar-refractivity contribution is 5.73. The molecular formula is C9H21NO. The molecule has 0 aliphatic heterocycles. The van der Waals surface area contributed by atoms with Crippen molar-refractivity contribution in [2.45, 2.75) is 47.0 Å². The third-order valence-corrected chi connectivity index (χ3v) is 1.21. The molecule has 0 fully saturated rings. The molecule has 0 rings (SSSR count). The van der Waals surface area contributed by atoms with Gasteiger partial charge in [-0.15, -0.1) is 0 Å². The van der Waals surface area contributed by atoms with E-state index in [0.717, 1.165) is 5.92 Å². The molecule has 1 amide bonds. The molecule has 0 aliphatic rings. The maximum absolute atomic E-state index is 9.59. The zero-order chi connectivity index (χ0) is 9.28. The lowest BCUT2D eigenvalue weighted by atomic mass is 10.1. The largest absolute Gasteiger partial charge is 0.370 e. The summed E-state index contributed by atoms with van der Waals surface area (Å²) in [6, 6.07) is 0. The molecule has 0 radical (unpaired) electrons. The quantitative estimate of drug-likeness (QED) is 0.674. The summed E-state index contributed by atoms with van der Waals surface area (Å²) in [5.74, 6) is 0.653. The summed E-state index contributed by atoms with van der Waals surface area (Å²) >= 11 is 0. The minimum atomic E-state index is -0.245. The Morgan fingerprint density at radius 2 is 1.73 bits per heavy atom. The molecule has 0 aromatic rings. The number of hydrogen-bond donors (Lipinski definition) is 1. The second-order valence-electron chi connectivity index (χ2n) is 3.00. The average Bonchev–Trinajstić information content (AvgIpc) is 1.89. The van der Waals surface area contributed by atoms with Crippen LogP contribution in [0.2, 0.25) is 0 Å². The fourth-order valence-corrected chi connectivity index (χ4v) is 0.577. The van der Waals surface area contributed by atoms with Crippen molar-refractivity contribution in [3.8, 4) is 0 Å². The Morgan fingerprint density at radius 1 is 1.36 bits per heavy atom. The van der Waals surface area contributed by atoms with E-state index in [2.05, 4.69) is 26.5 Å². The maximum atomic E-state index is 9.59. The molecular weight excluding hydrogens is 138 g/mol. The van der Waals surface area contributed by atoms with Gasteiger partial charge in [-0.1, -0.05) is 40.5 Å². The van der Waals surface area contributed by atoms with Crippen LogP contribution in [-0.4, -0.2) is 5.91 Å². The van der Waals surface area contributed by atoms with Gasteiger partial charge in [0.25, 0.3) is 0 Å². The Hall–Kier alpha value is -0.530. The molecule has 0 aromatic carbocycles. The fourth-order valence-electron chi connectivity index (χ4n) is 0.577. The smallest absolute Gasteiger partial charge is 0.217 e. The van der Waals surface area contributed by atoms with Crippen molar-refractivity contribution in [2.75, 3.05) is 0 Å². The molecule has 0 saturated carbocycles. The third-order valence-electron chi connectivity index (χ3n) is 1.21. The van der Waals surface area contributed by atoms with Gasteiger partial charge in [-0.3, -0.25) is 4.79 Å². The van der Waals surface area contributed by atoms with E-state index < -0.39 is 0 Å². The van der Waals surface area contributed by atoms with E-state index in [4.69, 9.17) is 0 Å². The van der Waals surface area contributed by atoms with Crippen LogP contribution in [-0.2, 0) is 4.79 Å². The lowest BCUT2D eigenvalue weighted by Crippen LogP contribution is -2.06. The molecule has 0 bridgehead atoms. The van der Waals surface area contributed by atoms with Gasteiger partial charge >= 0.3 is 0 Å². The van der Waals surface area contributed by atoms with Crippen LogP contribution in [0.15, 0.2) is 0 Å². The van der Waals surface area contributed by atoms with E-state index in [9.17, 15) is 4.79 Å². The molecule has 68 valence electrons. The third kappa shape index (κ3) is 26.4. The molecule has 2 N–H and O–H groups in total. The topological polar surface area (TPSA) is 43.1 Å². The van der Waals surface area contributed by atoms with E-state index in [1.165, 1.54) is 12.8 Å². The van der Waals surface area contributed by atoms with Crippen LogP contribution in [0.5, 0.6) is 0 Å². The van der Waals surface area contributed by atoms with E-state index in [0.29, 0.717) is 6.42 Å². The molecule has 0 aromatic heterocycles. The highest BCUT2D eigenvalue weighted by Gasteiger charge is 1.85. The number of carbonyl (C=O) groups is 1. The molecule has 0 atom stereocenters. The summed E-state index contributed by atoms with van der Waals surface area (Å²) in [6.45, 7) is 8.45. The van der Waals surface area contributed by atoms with Crippen molar-refractivity contribution in [3.05, 3.63) is 0 Å². The van der Waals surface area contributed by atoms with Gasteiger partial charge in [0.1, 0.15) is 0 Å². The monoisotopic (exact) mass is 159 g/mol. The highest BCUT2D eigenvalue weighted by Crippen LogP contribution is 2.00. The first-order valence-electron chi connectivity index (χ1n) is 4.32. The Balaban J connectivity index is 0. The number of hydrogen-bond acceptors (Lipinski definition) is 1. The summed E-state index contributed by atoms with van der Waals surface area (Å²) in [7, 11) is 0.